The van der Waals surface area contributed by atoms with Crippen molar-refractivity contribution < 1.29 is 23.9 Å². The topological polar surface area (TPSA) is 112 Å². The molecule has 3 heterocycles. The van der Waals surface area contributed by atoms with Gasteiger partial charge in [0.05, 0.1) is 24.5 Å². The molecular formula is C26H32N4O5S3. The number of thioether (sulfide) groups is 1. The van der Waals surface area contributed by atoms with Crippen LogP contribution in [0.5, 0.6) is 0 Å². The van der Waals surface area contributed by atoms with Gasteiger partial charge in [-0.15, -0.1) is 32.9 Å². The minimum absolute atomic E-state index is 0.0561. The Morgan fingerprint density at radius 3 is 2.53 bits per heavy atom. The first-order valence-electron chi connectivity index (χ1n) is 12.7. The summed E-state index contributed by atoms with van der Waals surface area (Å²) < 4.78 is 12.4. The monoisotopic (exact) mass is 576 g/mol. The second kappa shape index (κ2) is 12.4. The lowest BCUT2D eigenvalue weighted by Gasteiger charge is -2.16. The molecule has 0 atom stereocenters. The van der Waals surface area contributed by atoms with Gasteiger partial charge in [-0.2, -0.15) is 0 Å². The van der Waals surface area contributed by atoms with Crippen molar-refractivity contribution in [3.05, 3.63) is 31.8 Å². The Morgan fingerprint density at radius 2 is 1.82 bits per heavy atom. The summed E-state index contributed by atoms with van der Waals surface area (Å²) in [7, 11) is 0. The number of carbonyl (C=O) groups excluding carboxylic acids is 3. The van der Waals surface area contributed by atoms with Gasteiger partial charge in [-0.1, -0.05) is 11.8 Å². The van der Waals surface area contributed by atoms with Crippen molar-refractivity contribution in [2.24, 2.45) is 0 Å². The van der Waals surface area contributed by atoms with Gasteiger partial charge >= 0.3 is 11.9 Å². The van der Waals surface area contributed by atoms with E-state index in [1.165, 1.54) is 35.0 Å². The van der Waals surface area contributed by atoms with Crippen LogP contribution < -0.4 is 5.32 Å². The van der Waals surface area contributed by atoms with Crippen LogP contribution >= 0.6 is 34.4 Å². The minimum Gasteiger partial charge on any atom is -0.462 e. The Balaban J connectivity index is 1.53. The van der Waals surface area contributed by atoms with E-state index in [0.717, 1.165) is 35.6 Å². The lowest BCUT2D eigenvalue weighted by Crippen LogP contribution is -2.17. The fraction of sp³-hybridized carbons (Fsp3) is 0.500. The van der Waals surface area contributed by atoms with E-state index in [2.05, 4.69) is 39.3 Å². The molecule has 4 rings (SSSR count). The van der Waals surface area contributed by atoms with Crippen molar-refractivity contribution in [3.63, 3.8) is 0 Å². The number of esters is 2. The fourth-order valence-corrected chi connectivity index (χ4v) is 7.54. The summed E-state index contributed by atoms with van der Waals surface area (Å²) in [6.45, 7) is 9.59. The zero-order chi connectivity index (χ0) is 27.4. The van der Waals surface area contributed by atoms with Gasteiger partial charge in [0, 0.05) is 21.9 Å². The third-order valence-electron chi connectivity index (χ3n) is 6.16. The van der Waals surface area contributed by atoms with Gasteiger partial charge in [0.25, 0.3) is 0 Å². The highest BCUT2D eigenvalue weighted by Crippen LogP contribution is 2.38. The molecule has 0 fully saturated rings. The number of rotatable bonds is 10. The average molecular weight is 577 g/mol. The zero-order valence-electron chi connectivity index (χ0n) is 22.2. The summed E-state index contributed by atoms with van der Waals surface area (Å²) >= 11 is 4.09. The first kappa shape index (κ1) is 28.3. The molecule has 1 N–H and O–H groups in total. The zero-order valence-corrected chi connectivity index (χ0v) is 24.7. The molecule has 38 heavy (non-hydrogen) atoms. The molecule has 9 nitrogen and oxygen atoms in total. The van der Waals surface area contributed by atoms with Crippen LogP contribution in [0.4, 0.5) is 5.00 Å². The lowest BCUT2D eigenvalue weighted by atomic mass is 9.95. The van der Waals surface area contributed by atoms with E-state index in [-0.39, 0.29) is 46.4 Å². The van der Waals surface area contributed by atoms with E-state index in [1.807, 2.05) is 0 Å². The summed E-state index contributed by atoms with van der Waals surface area (Å²) in [6.07, 6.45) is 4.58. The quantitative estimate of drug-likeness (QED) is 0.234. The Bertz CT molecular complexity index is 1340. The van der Waals surface area contributed by atoms with Crippen molar-refractivity contribution >= 4 is 57.3 Å². The molecule has 0 unspecified atom stereocenters. The SMILES string of the molecule is CCOC(=O)c1sc(NC(=O)CSc2nnc(-c3csc4c3CCCC4)n2C(C)C)c(C(=O)OCC)c1C. The number of hydrogen-bond donors (Lipinski definition) is 1. The van der Waals surface area contributed by atoms with E-state index in [4.69, 9.17) is 9.47 Å². The van der Waals surface area contributed by atoms with Crippen LogP contribution in [-0.4, -0.2) is 51.6 Å². The highest BCUT2D eigenvalue weighted by molar-refractivity contribution is 7.99. The Hall–Kier alpha value is -2.70. The van der Waals surface area contributed by atoms with Gasteiger partial charge < -0.3 is 14.8 Å². The highest BCUT2D eigenvalue weighted by Gasteiger charge is 2.28. The van der Waals surface area contributed by atoms with E-state index in [1.54, 1.807) is 32.1 Å². The average Bonchev–Trinajstić information content (AvgIpc) is 3.58. The van der Waals surface area contributed by atoms with Crippen LogP contribution in [0, 0.1) is 6.92 Å². The van der Waals surface area contributed by atoms with Crippen molar-refractivity contribution in [1.82, 2.24) is 14.8 Å². The molecule has 0 aliphatic heterocycles. The summed E-state index contributed by atoms with van der Waals surface area (Å²) in [4.78, 5) is 39.7. The maximum Gasteiger partial charge on any atom is 0.348 e. The Morgan fingerprint density at radius 1 is 1.11 bits per heavy atom. The van der Waals surface area contributed by atoms with E-state index in [9.17, 15) is 14.4 Å². The number of thiophene rings is 2. The van der Waals surface area contributed by atoms with E-state index >= 15 is 0 Å². The molecule has 1 amide bonds. The molecule has 0 bridgehead atoms. The number of aryl methyl sites for hydroxylation is 1. The van der Waals surface area contributed by atoms with Crippen molar-refractivity contribution in [3.8, 4) is 11.4 Å². The number of hydrogen-bond acceptors (Lipinski definition) is 10. The van der Waals surface area contributed by atoms with Crippen LogP contribution in [0.2, 0.25) is 0 Å². The first-order valence-corrected chi connectivity index (χ1v) is 15.4. The normalized spacial score (nSPS) is 12.9. The minimum atomic E-state index is -0.594. The standard InChI is InChI=1S/C26H32N4O5S3/c1-6-34-24(32)20-15(5)21(25(33)35-7-2)38-23(20)27-19(31)13-37-26-29-28-22(30(26)14(3)4)17-12-36-18-11-9-8-10-16(17)18/h12,14H,6-11,13H2,1-5H3,(H,27,31). The Kier molecular flexibility index (Phi) is 9.27. The second-order valence-electron chi connectivity index (χ2n) is 9.07. The van der Waals surface area contributed by atoms with Gasteiger partial charge in [0.15, 0.2) is 11.0 Å². The van der Waals surface area contributed by atoms with E-state index in [0.29, 0.717) is 10.7 Å². The summed E-state index contributed by atoms with van der Waals surface area (Å²) in [6, 6.07) is 0.104. The fourth-order valence-electron chi connectivity index (χ4n) is 4.44. The number of fused-ring (bicyclic) bond motifs is 1. The number of nitrogens with zero attached hydrogens (tertiary/aromatic N) is 3. The predicted molar refractivity (Wildman–Crippen MR) is 151 cm³/mol. The first-order chi connectivity index (χ1) is 18.3. The van der Waals surface area contributed by atoms with Gasteiger partial charge in [-0.05, 0) is 71.4 Å². The number of nitrogens with one attached hydrogen (secondary N) is 1. The van der Waals surface area contributed by atoms with Crippen LogP contribution in [0.15, 0.2) is 10.5 Å². The molecule has 0 saturated carbocycles. The maximum atomic E-state index is 13.0. The van der Waals surface area contributed by atoms with Gasteiger partial charge in [-0.25, -0.2) is 9.59 Å². The molecule has 0 radical (unpaired) electrons. The molecule has 0 spiro atoms. The number of amides is 1. The third kappa shape index (κ3) is 5.81. The van der Waals surface area contributed by atoms with Crippen LogP contribution in [0.25, 0.3) is 11.4 Å². The van der Waals surface area contributed by atoms with Crippen LogP contribution in [0.3, 0.4) is 0 Å². The Labute approximate surface area is 234 Å². The second-order valence-corrected chi connectivity index (χ2v) is 12.0. The summed E-state index contributed by atoms with van der Waals surface area (Å²) in [5.74, 6) is -0.572. The summed E-state index contributed by atoms with van der Waals surface area (Å²) in [5.41, 5.74) is 3.12. The molecule has 204 valence electrons. The molecular weight excluding hydrogens is 545 g/mol. The highest BCUT2D eigenvalue weighted by atomic mass is 32.2. The van der Waals surface area contributed by atoms with Crippen molar-refractivity contribution in [2.45, 2.75) is 71.5 Å². The number of anilines is 1. The summed E-state index contributed by atoms with van der Waals surface area (Å²) in [5, 5.41) is 14.8. The third-order valence-corrected chi connectivity index (χ3v) is 9.37. The van der Waals surface area contributed by atoms with Gasteiger partial charge in [0.2, 0.25) is 5.91 Å². The van der Waals surface area contributed by atoms with Crippen molar-refractivity contribution in [2.75, 3.05) is 24.3 Å². The molecule has 3 aromatic heterocycles. The molecule has 0 saturated heterocycles. The number of aromatic nitrogens is 3. The largest absolute Gasteiger partial charge is 0.462 e. The predicted octanol–water partition coefficient (Wildman–Crippen LogP) is 5.92. The van der Waals surface area contributed by atoms with Crippen LogP contribution in [0.1, 0.15) is 82.6 Å². The van der Waals surface area contributed by atoms with Gasteiger partial charge in [0.1, 0.15) is 9.88 Å². The van der Waals surface area contributed by atoms with Gasteiger partial charge in [-0.3, -0.25) is 9.36 Å². The molecule has 3 aromatic rings. The van der Waals surface area contributed by atoms with E-state index < -0.39 is 11.9 Å². The molecule has 1 aliphatic carbocycles. The van der Waals surface area contributed by atoms with Crippen LogP contribution in [-0.2, 0) is 27.1 Å². The smallest absolute Gasteiger partial charge is 0.348 e. The van der Waals surface area contributed by atoms with Crippen molar-refractivity contribution in [1.29, 1.82) is 0 Å². The molecule has 0 aromatic carbocycles. The maximum absolute atomic E-state index is 13.0. The molecule has 12 heteroatoms. The number of carbonyl (C=O) groups is 3. The molecule has 1 aliphatic rings. The number of ether oxygens (including phenoxy) is 2. The lowest BCUT2D eigenvalue weighted by molar-refractivity contribution is -0.113.